The van der Waals surface area contributed by atoms with E-state index in [2.05, 4.69) is 4.98 Å². The van der Waals surface area contributed by atoms with E-state index in [1.165, 1.54) is 22.6 Å². The highest BCUT2D eigenvalue weighted by Crippen LogP contribution is 2.26. The van der Waals surface area contributed by atoms with Crippen molar-refractivity contribution in [3.8, 4) is 11.9 Å². The molecule has 3 rings (SSSR count). The molecule has 26 heavy (non-hydrogen) atoms. The Morgan fingerprint density at radius 2 is 2.15 bits per heavy atom. The van der Waals surface area contributed by atoms with Crippen LogP contribution in [0.2, 0.25) is 5.02 Å². The Kier molecular flexibility index (Phi) is 5.41. The van der Waals surface area contributed by atoms with Crippen LogP contribution >= 0.6 is 11.6 Å². The van der Waals surface area contributed by atoms with Gasteiger partial charge in [0.25, 0.3) is 0 Å². The zero-order valence-electron chi connectivity index (χ0n) is 13.6. The van der Waals surface area contributed by atoms with Gasteiger partial charge in [0.15, 0.2) is 0 Å². The fourth-order valence-corrected chi connectivity index (χ4v) is 4.50. The number of ether oxygens (including phenoxy) is 1. The third-order valence-electron chi connectivity index (χ3n) is 4.02. The van der Waals surface area contributed by atoms with Crippen molar-refractivity contribution in [1.82, 2.24) is 9.29 Å². The lowest BCUT2D eigenvalue weighted by atomic mass is 10.1. The second-order valence-electron chi connectivity index (χ2n) is 5.82. The van der Waals surface area contributed by atoms with Gasteiger partial charge in [0.05, 0.1) is 28.1 Å². The molecule has 1 aromatic carbocycles. The number of benzene rings is 1. The lowest BCUT2D eigenvalue weighted by molar-refractivity contribution is 0.124. The number of halogens is 2. The zero-order valence-corrected chi connectivity index (χ0v) is 15.2. The van der Waals surface area contributed by atoms with Crippen molar-refractivity contribution in [2.75, 3.05) is 13.1 Å². The maximum atomic E-state index is 13.3. The number of aromatic nitrogens is 1. The normalized spacial score (nSPS) is 18.3. The van der Waals surface area contributed by atoms with E-state index < -0.39 is 21.9 Å². The molecule has 1 saturated heterocycles. The third-order valence-corrected chi connectivity index (χ3v) is 6.17. The van der Waals surface area contributed by atoms with E-state index >= 15 is 0 Å². The Bertz CT molecular complexity index is 962. The van der Waals surface area contributed by atoms with Crippen molar-refractivity contribution in [3.05, 3.63) is 52.9 Å². The smallest absolute Gasteiger partial charge is 0.243 e. The number of hydrogen-bond donors (Lipinski definition) is 0. The molecule has 0 N–H and O–H groups in total. The minimum atomic E-state index is -3.81. The van der Waals surface area contributed by atoms with Gasteiger partial charge in [-0.1, -0.05) is 11.6 Å². The summed E-state index contributed by atoms with van der Waals surface area (Å²) in [7, 11) is -3.81. The van der Waals surface area contributed by atoms with Crippen LogP contribution in [0.25, 0.3) is 0 Å². The number of hydrogen-bond acceptors (Lipinski definition) is 5. The maximum absolute atomic E-state index is 13.3. The molecule has 0 amide bonds. The molecule has 1 aliphatic rings. The fraction of sp³-hybridized carbons (Fsp3) is 0.294. The maximum Gasteiger partial charge on any atom is 0.243 e. The number of rotatable bonds is 4. The highest BCUT2D eigenvalue weighted by Gasteiger charge is 2.31. The van der Waals surface area contributed by atoms with E-state index in [1.54, 1.807) is 6.07 Å². The zero-order chi connectivity index (χ0) is 18.7. The molecule has 1 aliphatic heterocycles. The first-order valence-corrected chi connectivity index (χ1v) is 9.70. The number of piperidine rings is 1. The van der Waals surface area contributed by atoms with Crippen LogP contribution in [0, 0.1) is 17.1 Å². The van der Waals surface area contributed by atoms with E-state index in [1.807, 2.05) is 6.07 Å². The van der Waals surface area contributed by atoms with Gasteiger partial charge in [0.2, 0.25) is 15.9 Å². The molecule has 1 atom stereocenters. The largest absolute Gasteiger partial charge is 0.473 e. The van der Waals surface area contributed by atoms with E-state index in [9.17, 15) is 12.8 Å². The van der Waals surface area contributed by atoms with Crippen molar-refractivity contribution < 1.29 is 17.5 Å². The molecular formula is C17H15ClFN3O3S. The summed E-state index contributed by atoms with van der Waals surface area (Å²) in [6, 6.07) is 8.40. The molecule has 1 fully saturated rings. The minimum absolute atomic E-state index is 0.0610. The molecule has 0 bridgehead atoms. The first-order valence-electron chi connectivity index (χ1n) is 7.88. The number of nitriles is 1. The summed E-state index contributed by atoms with van der Waals surface area (Å²) in [6.45, 7) is 0.471. The van der Waals surface area contributed by atoms with Gasteiger partial charge in [-0.15, -0.1) is 0 Å². The Morgan fingerprint density at radius 3 is 2.88 bits per heavy atom. The average molecular weight is 396 g/mol. The quantitative estimate of drug-likeness (QED) is 0.794. The summed E-state index contributed by atoms with van der Waals surface area (Å²) < 4.78 is 45.9. The summed E-state index contributed by atoms with van der Waals surface area (Å²) >= 11 is 5.71. The lowest BCUT2D eigenvalue weighted by Gasteiger charge is -2.31. The number of nitrogens with zero attached hydrogens (tertiary/aromatic N) is 3. The second kappa shape index (κ2) is 7.58. The molecule has 0 saturated carbocycles. The van der Waals surface area contributed by atoms with Gasteiger partial charge in [-0.05, 0) is 37.1 Å². The van der Waals surface area contributed by atoms with Crippen molar-refractivity contribution in [3.63, 3.8) is 0 Å². The van der Waals surface area contributed by atoms with Crippen LogP contribution in [0.15, 0.2) is 41.4 Å². The summed E-state index contributed by atoms with van der Waals surface area (Å²) in [6.07, 6.45) is 2.34. The first kappa shape index (κ1) is 18.6. The molecule has 0 aliphatic carbocycles. The molecule has 136 valence electrons. The molecule has 6 nitrogen and oxygen atoms in total. The molecule has 2 heterocycles. The first-order chi connectivity index (χ1) is 12.4. The van der Waals surface area contributed by atoms with Crippen molar-refractivity contribution in [2.45, 2.75) is 23.8 Å². The van der Waals surface area contributed by atoms with E-state index in [-0.39, 0.29) is 22.3 Å². The Morgan fingerprint density at radius 1 is 1.35 bits per heavy atom. The van der Waals surface area contributed by atoms with Crippen molar-refractivity contribution in [2.24, 2.45) is 0 Å². The molecular weight excluding hydrogens is 381 g/mol. The van der Waals surface area contributed by atoms with Gasteiger partial charge >= 0.3 is 0 Å². The predicted molar refractivity (Wildman–Crippen MR) is 92.8 cm³/mol. The monoisotopic (exact) mass is 395 g/mol. The second-order valence-corrected chi connectivity index (χ2v) is 8.16. The molecule has 0 unspecified atom stereocenters. The van der Waals surface area contributed by atoms with E-state index in [0.29, 0.717) is 24.9 Å². The highest BCUT2D eigenvalue weighted by molar-refractivity contribution is 7.89. The minimum Gasteiger partial charge on any atom is -0.473 e. The summed E-state index contributed by atoms with van der Waals surface area (Å²) in [5, 5.41) is 8.68. The summed E-state index contributed by atoms with van der Waals surface area (Å²) in [5.74, 6) is -0.396. The van der Waals surface area contributed by atoms with Crippen LogP contribution in [0.5, 0.6) is 5.88 Å². The number of pyridine rings is 1. The van der Waals surface area contributed by atoms with Gasteiger partial charge in [-0.25, -0.2) is 17.8 Å². The predicted octanol–water partition coefficient (Wildman–Crippen LogP) is 2.98. The van der Waals surface area contributed by atoms with Crippen LogP contribution in [0.4, 0.5) is 4.39 Å². The van der Waals surface area contributed by atoms with Crippen LogP contribution in [0.3, 0.4) is 0 Å². The van der Waals surface area contributed by atoms with Crippen LogP contribution in [-0.2, 0) is 10.0 Å². The van der Waals surface area contributed by atoms with Crippen LogP contribution in [0.1, 0.15) is 18.4 Å². The van der Waals surface area contributed by atoms with Crippen LogP contribution in [-0.4, -0.2) is 36.9 Å². The molecule has 2 aromatic rings. The van der Waals surface area contributed by atoms with E-state index in [0.717, 1.165) is 12.1 Å². The van der Waals surface area contributed by atoms with Gasteiger partial charge in [-0.3, -0.25) is 0 Å². The average Bonchev–Trinajstić information content (AvgIpc) is 2.64. The van der Waals surface area contributed by atoms with Crippen LogP contribution < -0.4 is 4.74 Å². The molecule has 9 heteroatoms. The van der Waals surface area contributed by atoms with Crippen molar-refractivity contribution >= 4 is 21.6 Å². The van der Waals surface area contributed by atoms with Crippen molar-refractivity contribution in [1.29, 1.82) is 5.26 Å². The summed E-state index contributed by atoms with van der Waals surface area (Å²) in [5.41, 5.74) is 0.413. The molecule has 1 aromatic heterocycles. The Balaban J connectivity index is 1.77. The third kappa shape index (κ3) is 3.96. The standard InChI is InChI=1S/C17H15ClFN3O3S/c18-15-9-14(3-4-16(15)19)26(23,24)22-7-1-2-13(11-22)25-17-8-12(10-20)5-6-21-17/h3-6,8-9,13H,1-2,7,11H2/t13-/m0/s1. The Labute approximate surface area is 155 Å². The topological polar surface area (TPSA) is 83.3 Å². The van der Waals surface area contributed by atoms with Gasteiger partial charge < -0.3 is 4.74 Å². The van der Waals surface area contributed by atoms with Gasteiger partial charge in [0, 0.05) is 18.8 Å². The Hall–Kier alpha value is -2.21. The van der Waals surface area contributed by atoms with Gasteiger partial charge in [-0.2, -0.15) is 9.57 Å². The van der Waals surface area contributed by atoms with Gasteiger partial charge in [0.1, 0.15) is 11.9 Å². The van der Waals surface area contributed by atoms with E-state index in [4.69, 9.17) is 21.6 Å². The molecule has 0 radical (unpaired) electrons. The SMILES string of the molecule is N#Cc1ccnc(O[C@H]2CCCN(S(=O)(=O)c3ccc(F)c(Cl)c3)C2)c1. The lowest BCUT2D eigenvalue weighted by Crippen LogP contribution is -2.44. The highest BCUT2D eigenvalue weighted by atomic mass is 35.5. The fourth-order valence-electron chi connectivity index (χ4n) is 2.72. The number of sulfonamides is 1. The summed E-state index contributed by atoms with van der Waals surface area (Å²) in [4.78, 5) is 3.99. The molecule has 0 spiro atoms.